The number of piperazine rings is 1. The maximum atomic E-state index is 12.7. The summed E-state index contributed by atoms with van der Waals surface area (Å²) in [4.78, 5) is 33.4. The SMILES string of the molecule is CCCc1ccc(CNC=O)cc1.O=NC(=O)c1ccc(N2CCN(S(=O)(=O)c3ccc(OC(F)(F)F)cc3)CC2)cc1. The zero-order chi connectivity index (χ0) is 31.5. The van der Waals surface area contributed by atoms with Gasteiger partial charge in [-0.15, -0.1) is 18.1 Å². The van der Waals surface area contributed by atoms with Gasteiger partial charge in [0.25, 0.3) is 0 Å². The second-order valence-electron chi connectivity index (χ2n) is 9.42. The number of amides is 2. The molecule has 0 radical (unpaired) electrons. The van der Waals surface area contributed by atoms with Crippen molar-refractivity contribution in [2.75, 3.05) is 31.1 Å². The molecular formula is C29H31F3N4O6S. The van der Waals surface area contributed by atoms with Crippen molar-refractivity contribution in [2.45, 2.75) is 37.6 Å². The van der Waals surface area contributed by atoms with Crippen LogP contribution < -0.4 is 15.0 Å². The molecule has 1 N–H and O–H groups in total. The third-order valence-electron chi connectivity index (χ3n) is 6.45. The Morgan fingerprint density at radius 2 is 1.51 bits per heavy atom. The van der Waals surface area contributed by atoms with Gasteiger partial charge in [-0.25, -0.2) is 8.42 Å². The molecule has 0 aliphatic carbocycles. The smallest absolute Gasteiger partial charge is 0.406 e. The van der Waals surface area contributed by atoms with Crippen LogP contribution in [0.2, 0.25) is 0 Å². The van der Waals surface area contributed by atoms with Crippen molar-refractivity contribution in [1.29, 1.82) is 0 Å². The molecule has 1 aliphatic rings. The molecule has 1 fully saturated rings. The number of rotatable bonds is 10. The molecule has 3 aromatic carbocycles. The molecule has 2 amide bonds. The molecule has 43 heavy (non-hydrogen) atoms. The topological polar surface area (TPSA) is 125 Å². The lowest BCUT2D eigenvalue weighted by Crippen LogP contribution is -2.48. The Morgan fingerprint density at radius 1 is 0.930 bits per heavy atom. The van der Waals surface area contributed by atoms with Crippen LogP contribution in [-0.2, 0) is 27.8 Å². The molecule has 0 spiro atoms. The third-order valence-corrected chi connectivity index (χ3v) is 8.36. The summed E-state index contributed by atoms with van der Waals surface area (Å²) in [7, 11) is -3.87. The number of carbonyl (C=O) groups is 2. The fraction of sp³-hybridized carbons (Fsp3) is 0.310. The molecule has 0 atom stereocenters. The first-order valence-corrected chi connectivity index (χ1v) is 14.7. The van der Waals surface area contributed by atoms with Gasteiger partial charge in [0.2, 0.25) is 16.4 Å². The average molecular weight is 621 g/mol. The Balaban J connectivity index is 0.000000326. The van der Waals surface area contributed by atoms with Crippen molar-refractivity contribution in [3.05, 3.63) is 94.4 Å². The van der Waals surface area contributed by atoms with Gasteiger partial charge in [0.15, 0.2) is 0 Å². The molecular weight excluding hydrogens is 589 g/mol. The number of nitroso groups, excluding NO2 is 1. The van der Waals surface area contributed by atoms with Gasteiger partial charge in [0, 0.05) is 49.2 Å². The molecule has 1 heterocycles. The Hall–Kier alpha value is -4.30. The minimum Gasteiger partial charge on any atom is -0.406 e. The van der Waals surface area contributed by atoms with E-state index >= 15 is 0 Å². The average Bonchev–Trinajstić information content (AvgIpc) is 3.00. The van der Waals surface area contributed by atoms with Gasteiger partial charge in [-0.3, -0.25) is 9.59 Å². The lowest BCUT2D eigenvalue weighted by Gasteiger charge is -2.35. The molecule has 0 bridgehead atoms. The van der Waals surface area contributed by atoms with E-state index in [0.717, 1.165) is 48.3 Å². The lowest BCUT2D eigenvalue weighted by molar-refractivity contribution is -0.274. The minimum atomic E-state index is -4.86. The second kappa shape index (κ2) is 15.3. The predicted octanol–water partition coefficient (Wildman–Crippen LogP) is 4.89. The number of alkyl halides is 3. The second-order valence-corrected chi connectivity index (χ2v) is 11.4. The van der Waals surface area contributed by atoms with Crippen molar-refractivity contribution in [3.8, 4) is 5.75 Å². The summed E-state index contributed by atoms with van der Waals surface area (Å²) in [5.74, 6) is -1.37. The van der Waals surface area contributed by atoms with Crippen LogP contribution in [0.1, 0.15) is 34.8 Å². The van der Waals surface area contributed by atoms with Crippen LogP contribution in [0.25, 0.3) is 0 Å². The molecule has 10 nitrogen and oxygen atoms in total. The molecule has 0 unspecified atom stereocenters. The molecule has 1 aliphatic heterocycles. The first-order chi connectivity index (χ1) is 20.5. The Labute approximate surface area is 247 Å². The van der Waals surface area contributed by atoms with Gasteiger partial charge in [-0.1, -0.05) is 37.6 Å². The van der Waals surface area contributed by atoms with E-state index in [9.17, 15) is 36.1 Å². The van der Waals surface area contributed by atoms with Crippen molar-refractivity contribution < 1.29 is 35.9 Å². The van der Waals surface area contributed by atoms with E-state index < -0.39 is 28.0 Å². The standard InChI is InChI=1S/C18H16F3N3O5S.C11H15NO/c19-18(20,21)29-15-5-7-16(8-6-15)30(27,28)24-11-9-23(10-12-24)14-3-1-13(2-4-14)17(25)22-26;1-2-3-10-4-6-11(7-5-10)8-12-9-13/h1-8H,9-12H2;4-7,9H,2-3,8H2,1H3,(H,12,13). The molecule has 3 aromatic rings. The van der Waals surface area contributed by atoms with Crippen LogP contribution >= 0.6 is 0 Å². The first-order valence-electron chi connectivity index (χ1n) is 13.3. The molecule has 14 heteroatoms. The highest BCUT2D eigenvalue weighted by atomic mass is 32.2. The maximum absolute atomic E-state index is 12.7. The van der Waals surface area contributed by atoms with Gasteiger partial charge >= 0.3 is 12.3 Å². The predicted molar refractivity (Wildman–Crippen MR) is 154 cm³/mol. The summed E-state index contributed by atoms with van der Waals surface area (Å²) in [5.41, 5.74) is 3.42. The van der Waals surface area contributed by atoms with Gasteiger partial charge in [-0.05, 0) is 66.1 Å². The monoisotopic (exact) mass is 620 g/mol. The summed E-state index contributed by atoms with van der Waals surface area (Å²) >= 11 is 0. The number of nitrogens with one attached hydrogen (secondary N) is 1. The van der Waals surface area contributed by atoms with Gasteiger partial charge in [-0.2, -0.15) is 4.31 Å². The minimum absolute atomic E-state index is 0.130. The van der Waals surface area contributed by atoms with E-state index in [1.807, 2.05) is 4.90 Å². The van der Waals surface area contributed by atoms with Crippen LogP contribution in [0.4, 0.5) is 18.9 Å². The highest BCUT2D eigenvalue weighted by molar-refractivity contribution is 7.89. The summed E-state index contributed by atoms with van der Waals surface area (Å²) in [5, 5.41) is 4.99. The van der Waals surface area contributed by atoms with Crippen molar-refractivity contribution in [3.63, 3.8) is 0 Å². The number of halogens is 3. The lowest BCUT2D eigenvalue weighted by atomic mass is 10.1. The van der Waals surface area contributed by atoms with Crippen molar-refractivity contribution in [1.82, 2.24) is 9.62 Å². The molecule has 0 aromatic heterocycles. The Bertz CT molecular complexity index is 1460. The number of benzene rings is 3. The van der Waals surface area contributed by atoms with Crippen molar-refractivity contribution in [2.24, 2.45) is 5.18 Å². The molecule has 1 saturated heterocycles. The van der Waals surface area contributed by atoms with Gasteiger partial charge < -0.3 is 15.0 Å². The Morgan fingerprint density at radius 3 is 2.02 bits per heavy atom. The van der Waals surface area contributed by atoms with Crippen LogP contribution in [0, 0.1) is 4.91 Å². The highest BCUT2D eigenvalue weighted by Crippen LogP contribution is 2.26. The summed E-state index contributed by atoms with van der Waals surface area (Å²) in [6.07, 6.45) is -1.83. The summed E-state index contributed by atoms with van der Waals surface area (Å²) in [6, 6.07) is 18.6. The molecule has 230 valence electrons. The summed E-state index contributed by atoms with van der Waals surface area (Å²) in [6.45, 7) is 3.86. The zero-order valence-corrected chi connectivity index (χ0v) is 24.1. The van der Waals surface area contributed by atoms with E-state index in [0.29, 0.717) is 19.6 Å². The van der Waals surface area contributed by atoms with Crippen LogP contribution in [0.15, 0.2) is 82.9 Å². The van der Waals surface area contributed by atoms with E-state index in [2.05, 4.69) is 46.4 Å². The van der Waals surface area contributed by atoms with Crippen LogP contribution in [0.5, 0.6) is 5.75 Å². The number of carbonyl (C=O) groups excluding carboxylic acids is 2. The largest absolute Gasteiger partial charge is 0.573 e. The van der Waals surface area contributed by atoms with E-state index in [4.69, 9.17) is 0 Å². The Kier molecular flexibility index (Phi) is 11.8. The molecule has 4 rings (SSSR count). The number of aryl methyl sites for hydroxylation is 1. The van der Waals surface area contributed by atoms with Crippen LogP contribution in [-0.4, -0.2) is 57.6 Å². The zero-order valence-electron chi connectivity index (χ0n) is 23.3. The first kappa shape index (κ1) is 33.2. The number of ether oxygens (including phenoxy) is 1. The fourth-order valence-electron chi connectivity index (χ4n) is 4.29. The number of hydrogen-bond donors (Lipinski definition) is 1. The fourth-order valence-corrected chi connectivity index (χ4v) is 5.71. The van der Waals surface area contributed by atoms with E-state index in [1.165, 1.54) is 28.4 Å². The van der Waals surface area contributed by atoms with Gasteiger partial charge in [0.05, 0.1) is 4.90 Å². The quantitative estimate of drug-likeness (QED) is 0.253. The number of nitrogens with zero attached hydrogens (tertiary/aromatic N) is 3. The third kappa shape index (κ3) is 9.89. The van der Waals surface area contributed by atoms with Crippen molar-refractivity contribution >= 4 is 28.0 Å². The van der Waals surface area contributed by atoms with Crippen LogP contribution in [0.3, 0.4) is 0 Å². The number of anilines is 1. The van der Waals surface area contributed by atoms with E-state index in [-0.39, 0.29) is 23.5 Å². The molecule has 0 saturated carbocycles. The number of sulfonamides is 1. The summed E-state index contributed by atoms with van der Waals surface area (Å²) < 4.78 is 67.2. The highest BCUT2D eigenvalue weighted by Gasteiger charge is 2.32. The van der Waals surface area contributed by atoms with E-state index in [1.54, 1.807) is 12.1 Å². The maximum Gasteiger partial charge on any atom is 0.573 e. The van der Waals surface area contributed by atoms with Gasteiger partial charge in [0.1, 0.15) is 5.75 Å². The normalized spacial score (nSPS) is 13.8. The number of hydrogen-bond acceptors (Lipinski definition) is 7.